The van der Waals surface area contributed by atoms with Gasteiger partial charge in [0.1, 0.15) is 0 Å². The van der Waals surface area contributed by atoms with Crippen LogP contribution in [0.4, 0.5) is 5.69 Å². The van der Waals surface area contributed by atoms with Crippen LogP contribution >= 0.6 is 12.2 Å². The van der Waals surface area contributed by atoms with Gasteiger partial charge in [0.05, 0.1) is 24.4 Å². The lowest BCUT2D eigenvalue weighted by Gasteiger charge is -2.29. The summed E-state index contributed by atoms with van der Waals surface area (Å²) in [6.45, 7) is 3.21. The fourth-order valence-corrected chi connectivity index (χ4v) is 4.43. The molecule has 2 atom stereocenters. The molecule has 3 aromatic rings. The third kappa shape index (κ3) is 5.06. The lowest BCUT2D eigenvalue weighted by molar-refractivity contribution is 0.184. The highest BCUT2D eigenvalue weighted by atomic mass is 32.1. The van der Waals surface area contributed by atoms with Crippen molar-refractivity contribution in [1.82, 2.24) is 19.8 Å². The van der Waals surface area contributed by atoms with E-state index in [4.69, 9.17) is 17.0 Å². The molecule has 1 aliphatic heterocycles. The Kier molecular flexibility index (Phi) is 7.17. The van der Waals surface area contributed by atoms with Crippen LogP contribution in [0.15, 0.2) is 73.1 Å². The summed E-state index contributed by atoms with van der Waals surface area (Å²) in [5, 5.41) is 7.80. The Hall–Kier alpha value is -2.90. The molecule has 0 unspecified atom stereocenters. The average Bonchev–Trinajstić information content (AvgIpc) is 3.40. The van der Waals surface area contributed by atoms with Gasteiger partial charge in [0.2, 0.25) is 0 Å². The molecule has 3 heterocycles. The van der Waals surface area contributed by atoms with E-state index in [1.807, 2.05) is 36.5 Å². The fourth-order valence-electron chi connectivity index (χ4n) is 4.10. The van der Waals surface area contributed by atoms with E-state index in [2.05, 4.69) is 61.6 Å². The molecule has 2 N–H and O–H groups in total. The summed E-state index contributed by atoms with van der Waals surface area (Å²) in [6.07, 6.45) is 4.93. The molecule has 0 radical (unpaired) electrons. The van der Waals surface area contributed by atoms with E-state index in [0.717, 1.165) is 42.5 Å². The van der Waals surface area contributed by atoms with Crippen molar-refractivity contribution in [2.24, 2.45) is 0 Å². The number of hydrogen-bond donors (Lipinski definition) is 2. The molecule has 4 rings (SSSR count). The van der Waals surface area contributed by atoms with Gasteiger partial charge in [0, 0.05) is 50.5 Å². The summed E-state index contributed by atoms with van der Waals surface area (Å²) < 4.78 is 7.58. The molecule has 162 valence electrons. The molecule has 1 aromatic carbocycles. The van der Waals surface area contributed by atoms with Gasteiger partial charge in [0.25, 0.3) is 0 Å². The van der Waals surface area contributed by atoms with Crippen LogP contribution in [0, 0.1) is 0 Å². The number of methoxy groups -OCH3 is 1. The summed E-state index contributed by atoms with van der Waals surface area (Å²) in [5.74, 6) is 0. The van der Waals surface area contributed by atoms with Gasteiger partial charge in [0.15, 0.2) is 5.11 Å². The van der Waals surface area contributed by atoms with E-state index in [1.54, 1.807) is 7.11 Å². The van der Waals surface area contributed by atoms with Crippen LogP contribution < -0.4 is 10.6 Å². The zero-order valence-corrected chi connectivity index (χ0v) is 18.6. The first-order chi connectivity index (χ1) is 15.3. The van der Waals surface area contributed by atoms with E-state index in [9.17, 15) is 0 Å². The second-order valence-electron chi connectivity index (χ2n) is 7.59. The molecule has 0 aliphatic carbocycles. The van der Waals surface area contributed by atoms with E-state index in [-0.39, 0.29) is 12.1 Å². The van der Waals surface area contributed by atoms with Gasteiger partial charge in [-0.1, -0.05) is 24.3 Å². The lowest BCUT2D eigenvalue weighted by Crippen LogP contribution is -2.32. The van der Waals surface area contributed by atoms with Crippen LogP contribution in [0.3, 0.4) is 0 Å². The number of rotatable bonds is 10. The van der Waals surface area contributed by atoms with E-state index < -0.39 is 0 Å². The van der Waals surface area contributed by atoms with Crippen LogP contribution in [-0.2, 0) is 11.3 Å². The number of hydrogen-bond acceptors (Lipinski definition) is 4. The Bertz CT molecular complexity index is 962. The number of ether oxygens (including phenoxy) is 1. The number of pyridine rings is 1. The van der Waals surface area contributed by atoms with Crippen molar-refractivity contribution < 1.29 is 4.74 Å². The van der Waals surface area contributed by atoms with Gasteiger partial charge in [-0.05, 0) is 55.0 Å². The number of thiocarbonyl (C=S) groups is 1. The summed E-state index contributed by atoms with van der Waals surface area (Å²) in [4.78, 5) is 6.93. The molecular formula is C24H29N5OS. The third-order valence-electron chi connectivity index (χ3n) is 5.58. The summed E-state index contributed by atoms with van der Waals surface area (Å²) >= 11 is 5.78. The molecule has 0 bridgehead atoms. The topological polar surface area (TPSA) is 54.4 Å². The standard InChI is InChI=1S/C24H29N5OS/c1-30-18-17-28-15-7-12-21(28)23-22(20-11-5-6-13-26-20)27-24(31)29(23)16-8-14-25-19-9-3-2-4-10-19/h2-7,9-13,15,22-23,25H,8,14,16-18H2,1H3,(H,27,31)/t22-,23+/m1/s1. The van der Waals surface area contributed by atoms with Gasteiger partial charge in [-0.2, -0.15) is 0 Å². The second-order valence-corrected chi connectivity index (χ2v) is 7.97. The quantitative estimate of drug-likeness (QED) is 0.371. The highest BCUT2D eigenvalue weighted by molar-refractivity contribution is 7.80. The molecule has 1 fully saturated rings. The van der Waals surface area contributed by atoms with Crippen molar-refractivity contribution in [2.45, 2.75) is 25.0 Å². The molecule has 1 aliphatic rings. The van der Waals surface area contributed by atoms with Crippen LogP contribution in [0.25, 0.3) is 0 Å². The number of para-hydroxylation sites is 1. The monoisotopic (exact) mass is 435 g/mol. The summed E-state index contributed by atoms with van der Waals surface area (Å²) in [5.41, 5.74) is 3.36. The smallest absolute Gasteiger partial charge is 0.170 e. The molecule has 2 aromatic heterocycles. The zero-order valence-electron chi connectivity index (χ0n) is 17.8. The van der Waals surface area contributed by atoms with Crippen LogP contribution in [-0.4, -0.2) is 46.4 Å². The molecule has 31 heavy (non-hydrogen) atoms. The summed E-state index contributed by atoms with van der Waals surface area (Å²) in [7, 11) is 1.73. The predicted octanol–water partition coefficient (Wildman–Crippen LogP) is 4.00. The van der Waals surface area contributed by atoms with Crippen LogP contribution in [0.2, 0.25) is 0 Å². The van der Waals surface area contributed by atoms with Gasteiger partial charge in [-0.3, -0.25) is 4.98 Å². The van der Waals surface area contributed by atoms with Gasteiger partial charge in [-0.15, -0.1) is 0 Å². The highest BCUT2D eigenvalue weighted by Crippen LogP contribution is 2.38. The Morgan fingerprint density at radius 1 is 1.06 bits per heavy atom. The maximum Gasteiger partial charge on any atom is 0.170 e. The molecule has 0 amide bonds. The average molecular weight is 436 g/mol. The minimum atomic E-state index is 0.00646. The van der Waals surface area contributed by atoms with Gasteiger partial charge < -0.3 is 24.8 Å². The van der Waals surface area contributed by atoms with E-state index in [0.29, 0.717) is 6.61 Å². The Morgan fingerprint density at radius 2 is 1.90 bits per heavy atom. The first-order valence-corrected chi connectivity index (χ1v) is 11.1. The largest absolute Gasteiger partial charge is 0.385 e. The SMILES string of the molecule is COCCn1cccc1[C@H]1[C@@H](c2ccccn2)NC(=S)N1CCCNc1ccccc1. The first kappa shape index (κ1) is 21.3. The van der Waals surface area contributed by atoms with Crippen LogP contribution in [0.1, 0.15) is 29.9 Å². The fraction of sp³-hybridized carbons (Fsp3) is 0.333. The Labute approximate surface area is 189 Å². The van der Waals surface area contributed by atoms with Crippen molar-refractivity contribution in [3.05, 3.63) is 84.4 Å². The normalized spacial score (nSPS) is 18.2. The minimum Gasteiger partial charge on any atom is -0.385 e. The molecule has 0 spiro atoms. The molecule has 6 nitrogen and oxygen atoms in total. The Morgan fingerprint density at radius 3 is 2.68 bits per heavy atom. The van der Waals surface area contributed by atoms with Gasteiger partial charge >= 0.3 is 0 Å². The van der Waals surface area contributed by atoms with Crippen molar-refractivity contribution in [2.75, 3.05) is 32.1 Å². The molecule has 0 saturated carbocycles. The third-order valence-corrected chi connectivity index (χ3v) is 5.93. The maximum atomic E-state index is 5.78. The maximum absolute atomic E-state index is 5.78. The van der Waals surface area contributed by atoms with Crippen molar-refractivity contribution in [1.29, 1.82) is 0 Å². The first-order valence-electron chi connectivity index (χ1n) is 10.7. The molecular weight excluding hydrogens is 406 g/mol. The summed E-state index contributed by atoms with van der Waals surface area (Å²) in [6, 6.07) is 20.7. The zero-order chi connectivity index (χ0) is 21.5. The minimum absolute atomic E-state index is 0.00646. The number of nitrogens with zero attached hydrogens (tertiary/aromatic N) is 3. The highest BCUT2D eigenvalue weighted by Gasteiger charge is 2.40. The van der Waals surface area contributed by atoms with E-state index >= 15 is 0 Å². The van der Waals surface area contributed by atoms with E-state index in [1.165, 1.54) is 5.69 Å². The van der Waals surface area contributed by atoms with Crippen molar-refractivity contribution in [3.63, 3.8) is 0 Å². The molecule has 1 saturated heterocycles. The van der Waals surface area contributed by atoms with Crippen molar-refractivity contribution >= 4 is 23.0 Å². The number of anilines is 1. The Balaban J connectivity index is 1.52. The lowest BCUT2D eigenvalue weighted by atomic mass is 10.0. The van der Waals surface area contributed by atoms with Crippen LogP contribution in [0.5, 0.6) is 0 Å². The predicted molar refractivity (Wildman–Crippen MR) is 128 cm³/mol. The number of aromatic nitrogens is 2. The van der Waals surface area contributed by atoms with Gasteiger partial charge in [-0.25, -0.2) is 0 Å². The second kappa shape index (κ2) is 10.4. The van der Waals surface area contributed by atoms with Crippen molar-refractivity contribution in [3.8, 4) is 0 Å². The number of nitrogens with one attached hydrogen (secondary N) is 2. The molecule has 7 heteroatoms. The number of benzene rings is 1.